The molecule has 1 aromatic heterocycles. The van der Waals surface area contributed by atoms with Crippen LogP contribution in [0.25, 0.3) is 10.9 Å². The summed E-state index contributed by atoms with van der Waals surface area (Å²) in [7, 11) is 0. The number of carbonyl (C=O) groups excluding carboxylic acids is 4. The standard InChI is InChI=1S/C26H36N6O6S/c1-39-12-10-19(25(36)32-11-4-7-21(32)26(37)38)30-24(35)20(31-23(34)17(27)8-9-22(28)33)13-15-14-29-18-6-3-2-5-16(15)18/h2-3,5-6,14,17,19-21,29H,4,7-13,27H2,1H3,(H2,28,33)(H,30,35)(H,31,34)(H,37,38). The molecule has 1 fully saturated rings. The largest absolute Gasteiger partial charge is 0.480 e. The number of nitrogens with one attached hydrogen (secondary N) is 3. The number of primary amides is 1. The van der Waals surface area contributed by atoms with Crippen molar-refractivity contribution in [1.82, 2.24) is 20.5 Å². The first-order chi connectivity index (χ1) is 18.6. The lowest BCUT2D eigenvalue weighted by molar-refractivity contribution is -0.149. The Kier molecular flexibility index (Phi) is 10.8. The number of aromatic amines is 1. The highest BCUT2D eigenvalue weighted by Gasteiger charge is 2.38. The zero-order chi connectivity index (χ0) is 28.5. The molecular formula is C26H36N6O6S. The number of aromatic nitrogens is 1. The van der Waals surface area contributed by atoms with E-state index in [1.54, 1.807) is 6.20 Å². The zero-order valence-electron chi connectivity index (χ0n) is 21.9. The minimum Gasteiger partial charge on any atom is -0.480 e. The minimum absolute atomic E-state index is 0.0168. The summed E-state index contributed by atoms with van der Waals surface area (Å²) in [4.78, 5) is 67.1. The summed E-state index contributed by atoms with van der Waals surface area (Å²) in [6.07, 6.45) is 4.87. The molecule has 12 nitrogen and oxygen atoms in total. The number of benzene rings is 1. The van der Waals surface area contributed by atoms with E-state index >= 15 is 0 Å². The summed E-state index contributed by atoms with van der Waals surface area (Å²) >= 11 is 1.49. The van der Waals surface area contributed by atoms with Crippen LogP contribution in [0.5, 0.6) is 0 Å². The van der Waals surface area contributed by atoms with Gasteiger partial charge >= 0.3 is 5.97 Å². The van der Waals surface area contributed by atoms with Gasteiger partial charge < -0.3 is 37.1 Å². The molecule has 0 bridgehead atoms. The molecule has 13 heteroatoms. The van der Waals surface area contributed by atoms with Crippen LogP contribution in [0.15, 0.2) is 30.5 Å². The highest BCUT2D eigenvalue weighted by Crippen LogP contribution is 2.21. The number of carboxylic acids is 1. The summed E-state index contributed by atoms with van der Waals surface area (Å²) in [5, 5.41) is 15.9. The highest BCUT2D eigenvalue weighted by atomic mass is 32.2. The van der Waals surface area contributed by atoms with Crippen LogP contribution in [-0.2, 0) is 30.4 Å². The maximum atomic E-state index is 13.6. The molecule has 1 aromatic carbocycles. The van der Waals surface area contributed by atoms with Gasteiger partial charge in [0.2, 0.25) is 23.6 Å². The summed E-state index contributed by atoms with van der Waals surface area (Å²) in [5.41, 5.74) is 12.7. The number of carboxylic acid groups (broad SMARTS) is 1. The molecule has 0 aliphatic carbocycles. The van der Waals surface area contributed by atoms with E-state index in [-0.39, 0.29) is 19.3 Å². The maximum absolute atomic E-state index is 13.6. The molecule has 0 radical (unpaired) electrons. The predicted molar refractivity (Wildman–Crippen MR) is 148 cm³/mol. The van der Waals surface area contributed by atoms with E-state index in [4.69, 9.17) is 11.5 Å². The molecule has 3 rings (SSSR count). The van der Waals surface area contributed by atoms with Gasteiger partial charge in [0, 0.05) is 36.5 Å². The smallest absolute Gasteiger partial charge is 0.326 e. The van der Waals surface area contributed by atoms with Crippen molar-refractivity contribution in [2.75, 3.05) is 18.6 Å². The van der Waals surface area contributed by atoms with E-state index in [1.807, 2.05) is 30.5 Å². The van der Waals surface area contributed by atoms with Crippen molar-refractivity contribution >= 4 is 52.3 Å². The minimum atomic E-state index is -1.09. The van der Waals surface area contributed by atoms with Crippen molar-refractivity contribution in [1.29, 1.82) is 0 Å². The lowest BCUT2D eigenvalue weighted by Gasteiger charge is -2.29. The molecule has 1 aliphatic heterocycles. The molecule has 4 amide bonds. The van der Waals surface area contributed by atoms with E-state index in [1.165, 1.54) is 16.7 Å². The molecule has 39 heavy (non-hydrogen) atoms. The van der Waals surface area contributed by atoms with Gasteiger partial charge in [-0.05, 0) is 49.3 Å². The van der Waals surface area contributed by atoms with Gasteiger partial charge in [-0.2, -0.15) is 11.8 Å². The maximum Gasteiger partial charge on any atom is 0.326 e. The number of aliphatic carboxylic acids is 1. The predicted octanol–water partition coefficient (Wildman–Crippen LogP) is 0.102. The van der Waals surface area contributed by atoms with Gasteiger partial charge in [0.05, 0.1) is 6.04 Å². The number of rotatable bonds is 14. The summed E-state index contributed by atoms with van der Waals surface area (Å²) in [6, 6.07) is 3.46. The van der Waals surface area contributed by atoms with Crippen LogP contribution in [0.4, 0.5) is 0 Å². The lowest BCUT2D eigenvalue weighted by Crippen LogP contribution is -2.57. The lowest BCUT2D eigenvalue weighted by atomic mass is 10.0. The van der Waals surface area contributed by atoms with E-state index in [2.05, 4.69) is 15.6 Å². The Balaban J connectivity index is 1.83. The highest BCUT2D eigenvalue weighted by molar-refractivity contribution is 7.98. The number of hydrogen-bond donors (Lipinski definition) is 6. The van der Waals surface area contributed by atoms with Crippen LogP contribution in [0.2, 0.25) is 0 Å². The number of amides is 4. The van der Waals surface area contributed by atoms with Gasteiger partial charge in [0.15, 0.2) is 0 Å². The average Bonchev–Trinajstić information content (AvgIpc) is 3.56. The van der Waals surface area contributed by atoms with Gasteiger partial charge in [0.1, 0.15) is 18.1 Å². The second-order valence-electron chi connectivity index (χ2n) is 9.61. The van der Waals surface area contributed by atoms with Crippen molar-refractivity contribution < 1.29 is 29.1 Å². The first kappa shape index (κ1) is 30.0. The average molecular weight is 561 g/mol. The monoisotopic (exact) mass is 560 g/mol. The Morgan fingerprint density at radius 3 is 2.54 bits per heavy atom. The molecule has 4 atom stereocenters. The number of thioether (sulfide) groups is 1. The number of nitrogens with two attached hydrogens (primary N) is 2. The number of likely N-dealkylation sites (tertiary alicyclic amines) is 1. The molecule has 8 N–H and O–H groups in total. The van der Waals surface area contributed by atoms with Crippen molar-refractivity contribution in [3.8, 4) is 0 Å². The number of fused-ring (bicyclic) bond motifs is 1. The molecule has 2 heterocycles. The SMILES string of the molecule is CSCCC(NC(=O)C(Cc1c[nH]c2ccccc12)NC(=O)C(N)CCC(N)=O)C(=O)N1CCCC1C(=O)O. The van der Waals surface area contributed by atoms with Gasteiger partial charge in [0.25, 0.3) is 0 Å². The third kappa shape index (κ3) is 7.96. The number of nitrogens with zero attached hydrogens (tertiary/aromatic N) is 1. The van der Waals surface area contributed by atoms with E-state index in [9.17, 15) is 29.1 Å². The zero-order valence-corrected chi connectivity index (χ0v) is 22.7. The van der Waals surface area contributed by atoms with Crippen LogP contribution in [0.3, 0.4) is 0 Å². The first-order valence-corrected chi connectivity index (χ1v) is 14.2. The Morgan fingerprint density at radius 1 is 1.13 bits per heavy atom. The molecule has 212 valence electrons. The van der Waals surface area contributed by atoms with Crippen molar-refractivity contribution in [2.45, 2.75) is 62.7 Å². The van der Waals surface area contributed by atoms with E-state index in [0.717, 1.165) is 16.5 Å². The fourth-order valence-corrected chi connectivity index (χ4v) is 5.16. The summed E-state index contributed by atoms with van der Waals surface area (Å²) in [5.74, 6) is -2.81. The van der Waals surface area contributed by atoms with E-state index in [0.29, 0.717) is 31.6 Å². The second kappa shape index (κ2) is 14.0. The molecule has 4 unspecified atom stereocenters. The molecular weight excluding hydrogens is 524 g/mol. The second-order valence-corrected chi connectivity index (χ2v) is 10.6. The van der Waals surface area contributed by atoms with Gasteiger partial charge in [-0.25, -0.2) is 4.79 Å². The first-order valence-electron chi connectivity index (χ1n) is 12.8. The quantitative estimate of drug-likeness (QED) is 0.187. The van der Waals surface area contributed by atoms with Crippen LogP contribution in [-0.4, -0.2) is 87.3 Å². The van der Waals surface area contributed by atoms with Gasteiger partial charge in [-0.3, -0.25) is 19.2 Å². The normalized spacial score (nSPS) is 17.4. The molecule has 1 aliphatic rings. The van der Waals surface area contributed by atoms with Crippen molar-refractivity contribution in [3.05, 3.63) is 36.0 Å². The molecule has 1 saturated heterocycles. The topological polar surface area (TPSA) is 201 Å². The number of carbonyl (C=O) groups is 5. The van der Waals surface area contributed by atoms with Crippen LogP contribution in [0, 0.1) is 0 Å². The number of hydrogen-bond acceptors (Lipinski definition) is 7. The van der Waals surface area contributed by atoms with Crippen LogP contribution in [0.1, 0.15) is 37.7 Å². The van der Waals surface area contributed by atoms with Crippen molar-refractivity contribution in [2.24, 2.45) is 11.5 Å². The Labute approximate surface area is 230 Å². The van der Waals surface area contributed by atoms with E-state index < -0.39 is 53.8 Å². The third-order valence-corrected chi connectivity index (χ3v) is 7.46. The molecule has 0 saturated carbocycles. The van der Waals surface area contributed by atoms with Crippen LogP contribution < -0.4 is 22.1 Å². The summed E-state index contributed by atoms with van der Waals surface area (Å²) in [6.45, 7) is 0.297. The summed E-state index contributed by atoms with van der Waals surface area (Å²) < 4.78 is 0. The van der Waals surface area contributed by atoms with Crippen molar-refractivity contribution in [3.63, 3.8) is 0 Å². The van der Waals surface area contributed by atoms with Crippen LogP contribution >= 0.6 is 11.8 Å². The van der Waals surface area contributed by atoms with Gasteiger partial charge in [-0.1, -0.05) is 18.2 Å². The fourth-order valence-electron chi connectivity index (χ4n) is 4.69. The molecule has 0 spiro atoms. The number of para-hydroxylation sites is 1. The third-order valence-electron chi connectivity index (χ3n) is 6.82. The number of H-pyrrole nitrogens is 1. The Morgan fingerprint density at radius 2 is 1.85 bits per heavy atom. The fraction of sp³-hybridized carbons (Fsp3) is 0.500. The van der Waals surface area contributed by atoms with Gasteiger partial charge in [-0.15, -0.1) is 0 Å². The molecule has 2 aromatic rings. The Bertz CT molecular complexity index is 1200. The Hall–Kier alpha value is -3.58.